The largest absolute Gasteiger partial charge is 0.492 e. The van der Waals surface area contributed by atoms with Crippen LogP contribution >= 0.6 is 0 Å². The zero-order valence-corrected chi connectivity index (χ0v) is 8.60. The molecule has 1 aliphatic rings. The molecule has 0 saturated carbocycles. The molecule has 4 heteroatoms. The first-order valence-corrected chi connectivity index (χ1v) is 4.95. The lowest BCUT2D eigenvalue weighted by atomic mass is 9.79. The summed E-state index contributed by atoms with van der Waals surface area (Å²) in [6.07, 6.45) is -0.142. The van der Waals surface area contributed by atoms with Gasteiger partial charge in [0.25, 0.3) is 0 Å². The minimum Gasteiger partial charge on any atom is -0.423 e. The number of benzene rings is 1. The van der Waals surface area contributed by atoms with Crippen LogP contribution < -0.4 is 11.2 Å². The van der Waals surface area contributed by atoms with Crippen LogP contribution in [0, 0.1) is 0 Å². The Labute approximate surface area is 85.0 Å². The number of hydrogen-bond donors (Lipinski definition) is 2. The Balaban J connectivity index is 0.000000461. The third-order valence-corrected chi connectivity index (χ3v) is 2.12. The second kappa shape index (κ2) is 5.15. The molecule has 1 aromatic rings. The zero-order valence-electron chi connectivity index (χ0n) is 8.60. The number of hydrogen-bond acceptors (Lipinski definition) is 3. The Morgan fingerprint density at radius 2 is 2.07 bits per heavy atom. The van der Waals surface area contributed by atoms with Crippen molar-refractivity contribution in [3.63, 3.8) is 0 Å². The molecule has 0 aliphatic carbocycles. The summed E-state index contributed by atoms with van der Waals surface area (Å²) in [6, 6.07) is 7.59. The molecule has 0 spiro atoms. The lowest BCUT2D eigenvalue weighted by Gasteiger charge is -2.07. The zero-order chi connectivity index (χ0) is 10.6. The SMILES string of the molecule is CC.NCC1OB(O)c2ccccc21. The molecule has 3 N–H and O–H groups in total. The number of rotatable bonds is 1. The summed E-state index contributed by atoms with van der Waals surface area (Å²) in [5, 5.41) is 9.41. The molecule has 2 rings (SSSR count). The topological polar surface area (TPSA) is 55.5 Å². The van der Waals surface area contributed by atoms with Gasteiger partial charge in [0.1, 0.15) is 0 Å². The van der Waals surface area contributed by atoms with Crippen LogP contribution in [0.5, 0.6) is 0 Å². The molecule has 0 aromatic heterocycles. The molecule has 0 radical (unpaired) electrons. The predicted molar refractivity (Wildman–Crippen MR) is 58.3 cm³/mol. The first kappa shape index (κ1) is 11.2. The quantitative estimate of drug-likeness (QED) is 0.636. The van der Waals surface area contributed by atoms with Gasteiger partial charge in [-0.05, 0) is 11.0 Å². The molecule has 0 bridgehead atoms. The van der Waals surface area contributed by atoms with E-state index in [0.717, 1.165) is 11.0 Å². The highest BCUT2D eigenvalue weighted by molar-refractivity contribution is 6.61. The van der Waals surface area contributed by atoms with Gasteiger partial charge in [0.05, 0.1) is 6.10 Å². The summed E-state index contributed by atoms with van der Waals surface area (Å²) >= 11 is 0. The van der Waals surface area contributed by atoms with Gasteiger partial charge in [-0.25, -0.2) is 0 Å². The molecule has 76 valence electrons. The van der Waals surface area contributed by atoms with Crippen molar-refractivity contribution < 1.29 is 9.68 Å². The van der Waals surface area contributed by atoms with Crippen LogP contribution in [0.1, 0.15) is 25.5 Å². The molecule has 1 unspecified atom stereocenters. The lowest BCUT2D eigenvalue weighted by molar-refractivity contribution is 0.198. The van der Waals surface area contributed by atoms with Crippen LogP contribution in [-0.4, -0.2) is 18.7 Å². The number of fused-ring (bicyclic) bond motifs is 1. The van der Waals surface area contributed by atoms with Gasteiger partial charge in [0.2, 0.25) is 0 Å². The Morgan fingerprint density at radius 3 is 2.71 bits per heavy atom. The molecular formula is C10H16BNO2. The van der Waals surface area contributed by atoms with E-state index in [1.807, 2.05) is 38.1 Å². The molecule has 14 heavy (non-hydrogen) atoms. The first-order valence-electron chi connectivity index (χ1n) is 4.95. The van der Waals surface area contributed by atoms with Crippen LogP contribution in [-0.2, 0) is 4.65 Å². The van der Waals surface area contributed by atoms with Crippen LogP contribution in [0.25, 0.3) is 0 Å². The van der Waals surface area contributed by atoms with E-state index in [1.165, 1.54) is 0 Å². The maximum absolute atomic E-state index is 9.41. The summed E-state index contributed by atoms with van der Waals surface area (Å²) in [5.41, 5.74) is 7.32. The molecule has 3 nitrogen and oxygen atoms in total. The maximum Gasteiger partial charge on any atom is 0.492 e. The molecular weight excluding hydrogens is 177 g/mol. The summed E-state index contributed by atoms with van der Waals surface area (Å²) in [7, 11) is -0.797. The second-order valence-electron chi connectivity index (χ2n) is 2.84. The normalized spacial score (nSPS) is 18.6. The summed E-state index contributed by atoms with van der Waals surface area (Å²) in [4.78, 5) is 0. The molecule has 1 atom stereocenters. The fraction of sp³-hybridized carbons (Fsp3) is 0.400. The van der Waals surface area contributed by atoms with E-state index in [0.29, 0.717) is 6.54 Å². The Bertz CT molecular complexity index is 293. The minimum atomic E-state index is -0.797. The monoisotopic (exact) mass is 193 g/mol. The first-order chi connectivity index (χ1) is 6.83. The van der Waals surface area contributed by atoms with Crippen molar-refractivity contribution in [2.45, 2.75) is 20.0 Å². The van der Waals surface area contributed by atoms with E-state index in [4.69, 9.17) is 10.4 Å². The van der Waals surface area contributed by atoms with Crippen molar-refractivity contribution in [3.8, 4) is 0 Å². The third kappa shape index (κ3) is 1.98. The van der Waals surface area contributed by atoms with Gasteiger partial charge in [-0.1, -0.05) is 38.1 Å². The van der Waals surface area contributed by atoms with E-state index in [9.17, 15) is 5.02 Å². The summed E-state index contributed by atoms with van der Waals surface area (Å²) in [5.74, 6) is 0. The highest BCUT2D eigenvalue weighted by atomic mass is 16.5. The number of nitrogens with two attached hydrogens (primary N) is 1. The summed E-state index contributed by atoms with van der Waals surface area (Å²) in [6.45, 7) is 4.41. The van der Waals surface area contributed by atoms with Gasteiger partial charge in [-0.3, -0.25) is 0 Å². The predicted octanol–water partition coefficient (Wildman–Crippen LogP) is 0.430. The molecule has 1 aliphatic heterocycles. The molecule has 0 saturated heterocycles. The Kier molecular flexibility index (Phi) is 4.13. The fourth-order valence-corrected chi connectivity index (χ4v) is 1.51. The van der Waals surface area contributed by atoms with E-state index in [-0.39, 0.29) is 6.10 Å². The molecule has 1 heterocycles. The molecule has 1 aromatic carbocycles. The highest BCUT2D eigenvalue weighted by Gasteiger charge is 2.33. The van der Waals surface area contributed by atoms with Gasteiger partial charge in [0.15, 0.2) is 0 Å². The fourth-order valence-electron chi connectivity index (χ4n) is 1.51. The smallest absolute Gasteiger partial charge is 0.423 e. The average Bonchev–Trinajstić information content (AvgIpc) is 2.59. The van der Waals surface area contributed by atoms with Gasteiger partial charge in [-0.2, -0.15) is 0 Å². The lowest BCUT2D eigenvalue weighted by Crippen LogP contribution is -2.27. The highest BCUT2D eigenvalue weighted by Crippen LogP contribution is 2.21. The van der Waals surface area contributed by atoms with Crippen LogP contribution in [0.15, 0.2) is 24.3 Å². The third-order valence-electron chi connectivity index (χ3n) is 2.12. The molecule has 0 amide bonds. The molecule has 0 fully saturated rings. The van der Waals surface area contributed by atoms with Gasteiger partial charge < -0.3 is 15.4 Å². The maximum atomic E-state index is 9.41. The van der Waals surface area contributed by atoms with Crippen molar-refractivity contribution >= 4 is 12.6 Å². The average molecular weight is 193 g/mol. The summed E-state index contributed by atoms with van der Waals surface area (Å²) < 4.78 is 5.21. The van der Waals surface area contributed by atoms with Gasteiger partial charge in [0, 0.05) is 6.54 Å². The van der Waals surface area contributed by atoms with Crippen molar-refractivity contribution in [2.24, 2.45) is 5.73 Å². The van der Waals surface area contributed by atoms with Crippen molar-refractivity contribution in [3.05, 3.63) is 29.8 Å². The van der Waals surface area contributed by atoms with Gasteiger partial charge in [-0.15, -0.1) is 0 Å². The standard InChI is InChI=1S/C8H10BNO2.C2H6/c10-5-8-6-3-1-2-4-7(6)9(11)12-8;1-2/h1-4,8,11H,5,10H2;1-2H3. The van der Waals surface area contributed by atoms with E-state index in [1.54, 1.807) is 0 Å². The van der Waals surface area contributed by atoms with E-state index >= 15 is 0 Å². The van der Waals surface area contributed by atoms with E-state index < -0.39 is 7.12 Å². The van der Waals surface area contributed by atoms with E-state index in [2.05, 4.69) is 0 Å². The minimum absolute atomic E-state index is 0.142. The van der Waals surface area contributed by atoms with Crippen molar-refractivity contribution in [1.29, 1.82) is 0 Å². The van der Waals surface area contributed by atoms with Gasteiger partial charge >= 0.3 is 7.12 Å². The van der Waals surface area contributed by atoms with Crippen LogP contribution in [0.4, 0.5) is 0 Å². The Hall–Kier alpha value is -0.835. The van der Waals surface area contributed by atoms with Crippen LogP contribution in [0.2, 0.25) is 0 Å². The van der Waals surface area contributed by atoms with Crippen molar-refractivity contribution in [2.75, 3.05) is 6.54 Å². The second-order valence-corrected chi connectivity index (χ2v) is 2.84. The van der Waals surface area contributed by atoms with Crippen molar-refractivity contribution in [1.82, 2.24) is 0 Å². The Morgan fingerprint density at radius 1 is 1.43 bits per heavy atom. The van der Waals surface area contributed by atoms with Crippen LogP contribution in [0.3, 0.4) is 0 Å².